The van der Waals surface area contributed by atoms with Crippen molar-refractivity contribution < 1.29 is 17.9 Å². The smallest absolute Gasteiger partial charge is 0.243 e. The summed E-state index contributed by atoms with van der Waals surface area (Å²) in [6, 6.07) is 12.5. The number of nitrogens with one attached hydrogen (secondary N) is 1. The van der Waals surface area contributed by atoms with Gasteiger partial charge in [0.2, 0.25) is 15.9 Å². The molecule has 0 saturated carbocycles. The van der Waals surface area contributed by atoms with Crippen LogP contribution in [0.25, 0.3) is 11.0 Å². The first kappa shape index (κ1) is 24.2. The lowest BCUT2D eigenvalue weighted by Gasteiger charge is -2.15. The van der Waals surface area contributed by atoms with E-state index in [0.717, 1.165) is 37.1 Å². The van der Waals surface area contributed by atoms with Crippen LogP contribution >= 0.6 is 0 Å². The van der Waals surface area contributed by atoms with Crippen molar-refractivity contribution in [2.24, 2.45) is 0 Å². The van der Waals surface area contributed by atoms with E-state index in [9.17, 15) is 13.2 Å². The zero-order chi connectivity index (χ0) is 24.1. The van der Waals surface area contributed by atoms with Crippen LogP contribution in [0.4, 0.5) is 5.69 Å². The number of amides is 1. The van der Waals surface area contributed by atoms with E-state index in [0.29, 0.717) is 43.1 Å². The topological polar surface area (TPSA) is 93.5 Å². The maximum Gasteiger partial charge on any atom is 0.243 e. The number of hydrogen-bond acceptors (Lipinski definition) is 5. The lowest BCUT2D eigenvalue weighted by Crippen LogP contribution is -2.27. The van der Waals surface area contributed by atoms with Crippen LogP contribution in [0, 0.1) is 0 Å². The van der Waals surface area contributed by atoms with Gasteiger partial charge < -0.3 is 14.6 Å². The van der Waals surface area contributed by atoms with Crippen LogP contribution in [-0.4, -0.2) is 47.9 Å². The standard InChI is InChI=1S/C25H32N4O4S/c1-3-15-29-22-12-11-19(34(31,32)28-16-7-8-17-28)18-21(22)26-24(29)13-14-25(30)27-20-9-5-6-10-23(20)33-4-2/h5-6,9-12,18H,3-4,7-8,13-17H2,1-2H3,(H,27,30). The highest BCUT2D eigenvalue weighted by Crippen LogP contribution is 2.27. The zero-order valence-electron chi connectivity index (χ0n) is 19.8. The molecule has 182 valence electrons. The van der Waals surface area contributed by atoms with Crippen LogP contribution in [-0.2, 0) is 27.8 Å². The first-order chi connectivity index (χ1) is 16.4. The van der Waals surface area contributed by atoms with E-state index in [-0.39, 0.29) is 17.2 Å². The van der Waals surface area contributed by atoms with Crippen LogP contribution in [0.5, 0.6) is 5.75 Å². The van der Waals surface area contributed by atoms with E-state index in [2.05, 4.69) is 16.8 Å². The number of sulfonamides is 1. The molecule has 2 heterocycles. The van der Waals surface area contributed by atoms with Crippen molar-refractivity contribution in [2.75, 3.05) is 25.0 Å². The lowest BCUT2D eigenvalue weighted by molar-refractivity contribution is -0.116. The number of imidazole rings is 1. The van der Waals surface area contributed by atoms with E-state index in [4.69, 9.17) is 9.72 Å². The number of fused-ring (bicyclic) bond motifs is 1. The third-order valence-corrected chi connectivity index (χ3v) is 7.88. The van der Waals surface area contributed by atoms with Gasteiger partial charge in [0.05, 0.1) is 28.2 Å². The molecule has 0 unspecified atom stereocenters. The van der Waals surface area contributed by atoms with Gasteiger partial charge in [-0.3, -0.25) is 4.79 Å². The van der Waals surface area contributed by atoms with Gasteiger partial charge in [-0.05, 0) is 56.5 Å². The predicted octanol–water partition coefficient (Wildman–Crippen LogP) is 4.20. The van der Waals surface area contributed by atoms with Gasteiger partial charge in [0, 0.05) is 32.5 Å². The van der Waals surface area contributed by atoms with Crippen LogP contribution in [0.2, 0.25) is 0 Å². The minimum absolute atomic E-state index is 0.125. The summed E-state index contributed by atoms with van der Waals surface area (Å²) >= 11 is 0. The molecule has 2 aromatic carbocycles. The Hall–Kier alpha value is -2.91. The second kappa shape index (κ2) is 10.6. The fourth-order valence-electron chi connectivity index (χ4n) is 4.35. The van der Waals surface area contributed by atoms with Gasteiger partial charge >= 0.3 is 0 Å². The summed E-state index contributed by atoms with van der Waals surface area (Å²) in [6.07, 6.45) is 3.40. The van der Waals surface area contributed by atoms with Crippen molar-refractivity contribution in [2.45, 2.75) is 57.4 Å². The Bertz CT molecular complexity index is 1260. The van der Waals surface area contributed by atoms with E-state index in [1.54, 1.807) is 16.4 Å². The van der Waals surface area contributed by atoms with Crippen molar-refractivity contribution in [3.8, 4) is 5.75 Å². The van der Waals surface area contributed by atoms with Crippen molar-refractivity contribution in [1.29, 1.82) is 0 Å². The van der Waals surface area contributed by atoms with Crippen LogP contribution < -0.4 is 10.1 Å². The minimum atomic E-state index is -3.51. The monoisotopic (exact) mass is 484 g/mol. The number of anilines is 1. The Morgan fingerprint density at radius 2 is 1.88 bits per heavy atom. The molecule has 9 heteroatoms. The summed E-state index contributed by atoms with van der Waals surface area (Å²) in [7, 11) is -3.51. The number of carbonyl (C=O) groups excluding carboxylic acids is 1. The zero-order valence-corrected chi connectivity index (χ0v) is 20.6. The van der Waals surface area contributed by atoms with Gasteiger partial charge in [0.15, 0.2) is 0 Å². The SMILES string of the molecule is CCCn1c(CCC(=O)Nc2ccccc2OCC)nc2cc(S(=O)(=O)N3CCCC3)ccc21. The Kier molecular flexibility index (Phi) is 7.53. The highest BCUT2D eigenvalue weighted by molar-refractivity contribution is 7.89. The second-order valence-electron chi connectivity index (χ2n) is 8.42. The summed E-state index contributed by atoms with van der Waals surface area (Å²) in [6.45, 7) is 6.38. The van der Waals surface area contributed by atoms with Crippen LogP contribution in [0.3, 0.4) is 0 Å². The molecule has 4 rings (SSSR count). The van der Waals surface area contributed by atoms with Gasteiger partial charge in [-0.15, -0.1) is 0 Å². The van der Waals surface area contributed by atoms with Crippen LogP contribution in [0.15, 0.2) is 47.4 Å². The van der Waals surface area contributed by atoms with Gasteiger partial charge in [0.1, 0.15) is 11.6 Å². The molecule has 1 fully saturated rings. The molecular formula is C25H32N4O4S. The Labute approximate surface area is 201 Å². The lowest BCUT2D eigenvalue weighted by atomic mass is 10.2. The molecule has 34 heavy (non-hydrogen) atoms. The molecule has 0 spiro atoms. The third kappa shape index (κ3) is 5.10. The van der Waals surface area contributed by atoms with E-state index < -0.39 is 10.0 Å². The number of nitrogens with zero attached hydrogens (tertiary/aromatic N) is 3. The number of aryl methyl sites for hydroxylation is 2. The molecule has 8 nitrogen and oxygen atoms in total. The summed E-state index contributed by atoms with van der Waals surface area (Å²) in [4.78, 5) is 17.7. The van der Waals surface area contributed by atoms with E-state index in [1.165, 1.54) is 0 Å². The molecule has 0 atom stereocenters. The fourth-order valence-corrected chi connectivity index (χ4v) is 5.89. The maximum atomic E-state index is 13.0. The number of carbonyl (C=O) groups is 1. The summed E-state index contributed by atoms with van der Waals surface area (Å²) in [5.74, 6) is 1.30. The Morgan fingerprint density at radius 1 is 1.12 bits per heavy atom. The maximum absolute atomic E-state index is 13.0. The Morgan fingerprint density at radius 3 is 2.62 bits per heavy atom. The average Bonchev–Trinajstić information content (AvgIpc) is 3.48. The number of rotatable bonds is 10. The molecule has 1 aliphatic rings. The van der Waals surface area contributed by atoms with Gasteiger partial charge in [0.25, 0.3) is 0 Å². The normalized spacial score (nSPS) is 14.5. The van der Waals surface area contributed by atoms with Gasteiger partial charge in [-0.25, -0.2) is 13.4 Å². The Balaban J connectivity index is 1.53. The van der Waals surface area contributed by atoms with Gasteiger partial charge in [-0.2, -0.15) is 4.31 Å². The first-order valence-corrected chi connectivity index (χ1v) is 13.4. The van der Waals surface area contributed by atoms with Crippen LogP contribution in [0.1, 0.15) is 45.4 Å². The summed E-state index contributed by atoms with van der Waals surface area (Å²) in [5, 5.41) is 2.93. The highest BCUT2D eigenvalue weighted by atomic mass is 32.2. The molecule has 0 radical (unpaired) electrons. The number of para-hydroxylation sites is 2. The van der Waals surface area contributed by atoms with Crippen molar-refractivity contribution in [3.63, 3.8) is 0 Å². The van der Waals surface area contributed by atoms with E-state index >= 15 is 0 Å². The molecular weight excluding hydrogens is 452 g/mol. The quantitative estimate of drug-likeness (QED) is 0.465. The number of hydrogen-bond donors (Lipinski definition) is 1. The summed E-state index contributed by atoms with van der Waals surface area (Å²) < 4.78 is 35.2. The van der Waals surface area contributed by atoms with Crippen molar-refractivity contribution in [3.05, 3.63) is 48.3 Å². The predicted molar refractivity (Wildman–Crippen MR) is 133 cm³/mol. The first-order valence-electron chi connectivity index (χ1n) is 11.9. The van der Waals surface area contributed by atoms with Gasteiger partial charge in [-0.1, -0.05) is 19.1 Å². The largest absolute Gasteiger partial charge is 0.492 e. The highest BCUT2D eigenvalue weighted by Gasteiger charge is 2.28. The van der Waals surface area contributed by atoms with E-state index in [1.807, 2.05) is 37.3 Å². The number of ether oxygens (including phenoxy) is 1. The van der Waals surface area contributed by atoms with Crippen molar-refractivity contribution in [1.82, 2.24) is 13.9 Å². The molecule has 0 aliphatic carbocycles. The fraction of sp³-hybridized carbons (Fsp3) is 0.440. The minimum Gasteiger partial charge on any atom is -0.492 e. The molecule has 1 aromatic heterocycles. The molecule has 1 saturated heterocycles. The number of benzene rings is 2. The molecule has 1 aliphatic heterocycles. The third-order valence-electron chi connectivity index (χ3n) is 5.99. The molecule has 0 bridgehead atoms. The summed E-state index contributed by atoms with van der Waals surface area (Å²) in [5.41, 5.74) is 2.18. The molecule has 3 aromatic rings. The van der Waals surface area contributed by atoms with Crippen molar-refractivity contribution >= 4 is 32.7 Å². The molecule has 1 amide bonds. The average molecular weight is 485 g/mol. The number of aromatic nitrogens is 2. The second-order valence-corrected chi connectivity index (χ2v) is 10.4. The molecule has 1 N–H and O–H groups in total.